The molecule has 1 N–H and O–H groups in total. The van der Waals surface area contributed by atoms with Crippen LogP contribution in [-0.2, 0) is 22.6 Å². The fourth-order valence-electron chi connectivity index (χ4n) is 4.28. The lowest BCUT2D eigenvalue weighted by atomic mass is 9.84. The number of nitrogens with one attached hydrogen (secondary N) is 1. The van der Waals surface area contributed by atoms with Crippen LogP contribution in [-0.4, -0.2) is 40.3 Å². The Morgan fingerprint density at radius 3 is 2.59 bits per heavy atom. The molecule has 0 spiro atoms. The fourth-order valence-corrected chi connectivity index (χ4v) is 4.28. The van der Waals surface area contributed by atoms with Crippen molar-refractivity contribution in [2.24, 2.45) is 0 Å². The largest absolute Gasteiger partial charge is 0.513 e. The Morgan fingerprint density at radius 2 is 1.89 bits per heavy atom. The summed E-state index contributed by atoms with van der Waals surface area (Å²) >= 11 is 0. The van der Waals surface area contributed by atoms with Crippen molar-refractivity contribution in [2.75, 3.05) is 14.2 Å². The molecule has 0 bridgehead atoms. The van der Waals surface area contributed by atoms with Gasteiger partial charge in [-0.1, -0.05) is 47.6 Å². The predicted octanol–water partition coefficient (Wildman–Crippen LogP) is 4.74. The number of ether oxygens (including phenoxy) is 2. The molecule has 4 rings (SSSR count). The minimum atomic E-state index is -0.917. The standard InChI is InChI=1S/C26H27N5O6/c1-16-22(25-28-21(29-37-25)15-30(3)14-18-9-6-5-7-10-18)23(19-11-8-12-20(13-19)31(33)34)24(17(2)27-16)36-26(32)35-4/h5-13,23,27H,14-15H2,1-4H3. The first-order chi connectivity index (χ1) is 17.8. The first kappa shape index (κ1) is 25.6. The van der Waals surface area contributed by atoms with Gasteiger partial charge in [-0.3, -0.25) is 15.0 Å². The number of nitrogens with zero attached hydrogens (tertiary/aromatic N) is 4. The maximum atomic E-state index is 12.1. The van der Waals surface area contributed by atoms with Gasteiger partial charge < -0.3 is 19.3 Å². The van der Waals surface area contributed by atoms with E-state index in [1.165, 1.54) is 19.2 Å². The van der Waals surface area contributed by atoms with Crippen molar-refractivity contribution in [1.82, 2.24) is 20.4 Å². The van der Waals surface area contributed by atoms with Crippen molar-refractivity contribution < 1.29 is 23.7 Å². The van der Waals surface area contributed by atoms with Crippen LogP contribution in [0.4, 0.5) is 10.5 Å². The van der Waals surface area contributed by atoms with E-state index in [-0.39, 0.29) is 17.3 Å². The number of carbonyl (C=O) groups excluding carboxylic acids is 1. The minimum absolute atomic E-state index is 0.100. The van der Waals surface area contributed by atoms with Crippen molar-refractivity contribution in [1.29, 1.82) is 0 Å². The predicted molar refractivity (Wildman–Crippen MR) is 134 cm³/mol. The lowest BCUT2D eigenvalue weighted by Gasteiger charge is -2.29. The first-order valence-electron chi connectivity index (χ1n) is 11.5. The number of dihydropyridines is 1. The monoisotopic (exact) mass is 505 g/mol. The Kier molecular flexibility index (Phi) is 7.63. The Morgan fingerprint density at radius 1 is 1.14 bits per heavy atom. The summed E-state index contributed by atoms with van der Waals surface area (Å²) in [6.45, 7) is 4.69. The summed E-state index contributed by atoms with van der Waals surface area (Å²) in [5.74, 6) is 0.154. The normalized spacial score (nSPS) is 15.5. The number of nitro groups is 1. The van der Waals surface area contributed by atoms with Gasteiger partial charge in [-0.15, -0.1) is 0 Å². The molecule has 11 nitrogen and oxygen atoms in total. The van der Waals surface area contributed by atoms with E-state index in [2.05, 4.69) is 20.4 Å². The van der Waals surface area contributed by atoms with E-state index in [0.717, 1.165) is 5.56 Å². The van der Waals surface area contributed by atoms with Gasteiger partial charge in [0.05, 0.1) is 35.8 Å². The topological polar surface area (TPSA) is 133 Å². The quantitative estimate of drug-likeness (QED) is 0.260. The molecule has 1 aromatic heterocycles. The van der Waals surface area contributed by atoms with Gasteiger partial charge in [0.1, 0.15) is 5.76 Å². The Bertz CT molecular complexity index is 1360. The third kappa shape index (κ3) is 5.84. The van der Waals surface area contributed by atoms with Gasteiger partial charge >= 0.3 is 6.16 Å². The van der Waals surface area contributed by atoms with Gasteiger partial charge in [-0.2, -0.15) is 4.98 Å². The summed E-state index contributed by atoms with van der Waals surface area (Å²) in [6, 6.07) is 16.1. The molecule has 0 amide bonds. The van der Waals surface area contributed by atoms with Gasteiger partial charge in [-0.05, 0) is 32.0 Å². The zero-order valence-electron chi connectivity index (χ0n) is 20.9. The van der Waals surface area contributed by atoms with Gasteiger partial charge in [0, 0.05) is 24.4 Å². The zero-order valence-corrected chi connectivity index (χ0v) is 20.9. The van der Waals surface area contributed by atoms with Crippen LogP contribution in [0.3, 0.4) is 0 Å². The van der Waals surface area contributed by atoms with E-state index in [1.807, 2.05) is 44.3 Å². The minimum Gasteiger partial charge on any atom is -0.437 e. The summed E-state index contributed by atoms with van der Waals surface area (Å²) in [4.78, 5) is 29.8. The molecule has 0 aliphatic carbocycles. The highest BCUT2D eigenvalue weighted by atomic mass is 16.7. The van der Waals surface area contributed by atoms with E-state index < -0.39 is 17.0 Å². The van der Waals surface area contributed by atoms with E-state index in [9.17, 15) is 14.9 Å². The van der Waals surface area contributed by atoms with E-state index in [0.29, 0.717) is 41.4 Å². The Balaban J connectivity index is 1.69. The third-order valence-electron chi connectivity index (χ3n) is 5.88. The average molecular weight is 506 g/mol. The summed E-state index contributed by atoms with van der Waals surface area (Å²) in [5, 5.41) is 18.8. The molecule has 0 fully saturated rings. The lowest BCUT2D eigenvalue weighted by molar-refractivity contribution is -0.384. The van der Waals surface area contributed by atoms with Gasteiger partial charge in [-0.25, -0.2) is 4.79 Å². The highest BCUT2D eigenvalue weighted by Gasteiger charge is 2.36. The molecular weight excluding hydrogens is 478 g/mol. The van der Waals surface area contributed by atoms with Crippen LogP contribution in [0.5, 0.6) is 0 Å². The summed E-state index contributed by atoms with van der Waals surface area (Å²) < 4.78 is 15.9. The summed E-state index contributed by atoms with van der Waals surface area (Å²) in [6.07, 6.45) is -0.917. The molecule has 1 atom stereocenters. The first-order valence-corrected chi connectivity index (χ1v) is 11.5. The molecule has 1 aliphatic rings. The van der Waals surface area contributed by atoms with Gasteiger partial charge in [0.25, 0.3) is 11.6 Å². The molecule has 2 heterocycles. The van der Waals surface area contributed by atoms with Crippen LogP contribution in [0, 0.1) is 10.1 Å². The number of carbonyl (C=O) groups is 1. The molecule has 1 unspecified atom stereocenters. The molecule has 2 aromatic carbocycles. The average Bonchev–Trinajstić information content (AvgIpc) is 3.33. The molecular formula is C26H27N5O6. The maximum Gasteiger partial charge on any atom is 0.513 e. The Hall–Kier alpha value is -4.51. The second-order valence-electron chi connectivity index (χ2n) is 8.67. The highest BCUT2D eigenvalue weighted by Crippen LogP contribution is 2.44. The molecule has 0 saturated heterocycles. The number of allylic oxidation sites excluding steroid dienone is 3. The lowest BCUT2D eigenvalue weighted by Crippen LogP contribution is -2.26. The molecule has 0 radical (unpaired) electrons. The van der Waals surface area contributed by atoms with Crippen molar-refractivity contribution >= 4 is 17.4 Å². The number of aromatic nitrogens is 2. The summed E-state index contributed by atoms with van der Waals surface area (Å²) in [7, 11) is 3.16. The van der Waals surface area contributed by atoms with Crippen LogP contribution in [0.1, 0.15) is 42.6 Å². The SMILES string of the molecule is COC(=O)OC1=C(C)NC(C)=C(c2nc(CN(C)Cc3ccccc3)no2)C1c1cccc([N+](=O)[O-])c1. The number of nitro benzene ring substituents is 1. The van der Waals surface area contributed by atoms with Crippen LogP contribution in [0.15, 0.2) is 76.3 Å². The zero-order chi connectivity index (χ0) is 26.5. The van der Waals surface area contributed by atoms with Crippen LogP contribution in [0.25, 0.3) is 5.57 Å². The third-order valence-corrected chi connectivity index (χ3v) is 5.88. The van der Waals surface area contributed by atoms with Crippen molar-refractivity contribution in [3.8, 4) is 0 Å². The Labute approximate surface area is 213 Å². The maximum absolute atomic E-state index is 12.1. The van der Waals surface area contributed by atoms with Crippen molar-refractivity contribution in [3.05, 3.63) is 105 Å². The van der Waals surface area contributed by atoms with Crippen molar-refractivity contribution in [2.45, 2.75) is 32.9 Å². The number of non-ortho nitro benzene ring substituents is 1. The van der Waals surface area contributed by atoms with E-state index in [1.54, 1.807) is 19.1 Å². The number of hydrogen-bond donors (Lipinski definition) is 1. The molecule has 0 saturated carbocycles. The van der Waals surface area contributed by atoms with Gasteiger partial charge in [0.15, 0.2) is 5.82 Å². The summed E-state index contributed by atoms with van der Waals surface area (Å²) in [5.41, 5.74) is 3.33. The number of methoxy groups -OCH3 is 1. The van der Waals surface area contributed by atoms with E-state index >= 15 is 0 Å². The van der Waals surface area contributed by atoms with E-state index in [4.69, 9.17) is 14.0 Å². The smallest absolute Gasteiger partial charge is 0.437 e. The number of benzene rings is 2. The number of rotatable bonds is 8. The van der Waals surface area contributed by atoms with Gasteiger partial charge in [0.2, 0.25) is 0 Å². The molecule has 1 aliphatic heterocycles. The second kappa shape index (κ2) is 11.0. The van der Waals surface area contributed by atoms with Crippen LogP contribution < -0.4 is 5.32 Å². The van der Waals surface area contributed by atoms with Crippen LogP contribution in [0.2, 0.25) is 0 Å². The molecule has 11 heteroatoms. The van der Waals surface area contributed by atoms with Crippen molar-refractivity contribution in [3.63, 3.8) is 0 Å². The molecule has 3 aromatic rings. The molecule has 37 heavy (non-hydrogen) atoms. The highest BCUT2D eigenvalue weighted by molar-refractivity contribution is 5.76. The second-order valence-corrected chi connectivity index (χ2v) is 8.67. The fraction of sp³-hybridized carbons (Fsp3) is 0.269. The molecule has 192 valence electrons. The van der Waals surface area contributed by atoms with Crippen LogP contribution >= 0.6 is 0 Å². The number of hydrogen-bond acceptors (Lipinski definition) is 10.